The molecule has 0 radical (unpaired) electrons. The maximum Gasteiger partial charge on any atom is 0.116 e. The summed E-state index contributed by atoms with van der Waals surface area (Å²) in [7, 11) is 0. The van der Waals surface area contributed by atoms with Crippen molar-refractivity contribution in [2.75, 3.05) is 0 Å². The van der Waals surface area contributed by atoms with Crippen molar-refractivity contribution < 1.29 is 5.11 Å². The lowest BCUT2D eigenvalue weighted by atomic mass is 9.99. The smallest absolute Gasteiger partial charge is 0.116 e. The molecule has 0 spiro atoms. The number of allylic oxidation sites excluding steroid dienone is 6. The van der Waals surface area contributed by atoms with Crippen LogP contribution < -0.4 is 0 Å². The van der Waals surface area contributed by atoms with Gasteiger partial charge in [-0.3, -0.25) is 0 Å². The lowest BCUT2D eigenvalue weighted by molar-refractivity contribution is 0.429. The topological polar surface area (TPSA) is 20.2 Å². The Morgan fingerprint density at radius 3 is 1.93 bits per heavy atom. The Labute approximate surface area is 85.8 Å². The molecule has 1 nitrogen and oxygen atoms in total. The monoisotopic (exact) mass is 188 g/mol. The molecule has 0 saturated heterocycles. The van der Waals surface area contributed by atoms with E-state index in [0.29, 0.717) is 5.57 Å². The van der Waals surface area contributed by atoms with E-state index >= 15 is 0 Å². The minimum absolute atomic E-state index is 0.0175. The fourth-order valence-electron chi connectivity index (χ4n) is 1.03. The molecule has 0 aliphatic carbocycles. The van der Waals surface area contributed by atoms with Crippen molar-refractivity contribution >= 4 is 0 Å². The molecule has 0 aromatic heterocycles. The van der Waals surface area contributed by atoms with Crippen LogP contribution in [-0.4, -0.2) is 5.11 Å². The van der Waals surface area contributed by atoms with E-state index in [4.69, 9.17) is 0 Å². The third kappa shape index (κ3) is 2.94. The Morgan fingerprint density at radius 2 is 1.64 bits per heavy atom. The Balaban J connectivity index is 5.53. The standard InChI is InChI=1S/C13H16O/c1-6-9-13(10(4)7-2)12(8-3)11(5)14/h6-9,14H,2-5H2,1H3/b9-6-,13-12-. The minimum Gasteiger partial charge on any atom is -0.508 e. The summed E-state index contributed by atoms with van der Waals surface area (Å²) >= 11 is 0. The normalized spacial score (nSPS) is 12.1. The minimum atomic E-state index is -0.0175. The summed E-state index contributed by atoms with van der Waals surface area (Å²) in [6.07, 6.45) is 6.87. The van der Waals surface area contributed by atoms with Gasteiger partial charge in [-0.15, -0.1) is 0 Å². The van der Waals surface area contributed by atoms with Crippen LogP contribution in [0.15, 0.2) is 73.1 Å². The van der Waals surface area contributed by atoms with Crippen molar-refractivity contribution in [1.29, 1.82) is 0 Å². The largest absolute Gasteiger partial charge is 0.508 e. The van der Waals surface area contributed by atoms with Crippen LogP contribution in [-0.2, 0) is 0 Å². The van der Waals surface area contributed by atoms with Crippen LogP contribution in [0.2, 0.25) is 0 Å². The maximum absolute atomic E-state index is 9.32. The van der Waals surface area contributed by atoms with Gasteiger partial charge in [-0.25, -0.2) is 0 Å². The fraction of sp³-hybridized carbons (Fsp3) is 0.0769. The molecule has 0 rings (SSSR count). The van der Waals surface area contributed by atoms with Crippen LogP contribution in [0.4, 0.5) is 0 Å². The zero-order valence-corrected chi connectivity index (χ0v) is 8.59. The molecule has 0 unspecified atom stereocenters. The highest BCUT2D eigenvalue weighted by molar-refractivity contribution is 5.54. The number of aliphatic hydroxyl groups is 1. The van der Waals surface area contributed by atoms with Gasteiger partial charge in [-0.1, -0.05) is 50.6 Å². The van der Waals surface area contributed by atoms with E-state index in [1.54, 1.807) is 12.2 Å². The molecule has 1 heteroatoms. The summed E-state index contributed by atoms with van der Waals surface area (Å²) in [5.74, 6) is -0.0175. The average Bonchev–Trinajstić information content (AvgIpc) is 2.16. The Hall–Kier alpha value is -1.76. The maximum atomic E-state index is 9.32. The summed E-state index contributed by atoms with van der Waals surface area (Å²) in [6, 6.07) is 0. The molecule has 0 amide bonds. The average molecular weight is 188 g/mol. The summed E-state index contributed by atoms with van der Waals surface area (Å²) < 4.78 is 0. The molecule has 0 saturated carbocycles. The Bertz CT molecular complexity index is 327. The molecule has 1 N–H and O–H groups in total. The molecule has 74 valence electrons. The predicted octanol–water partition coefficient (Wildman–Crippen LogP) is 3.86. The summed E-state index contributed by atoms with van der Waals surface area (Å²) in [5, 5.41) is 9.32. The molecule has 0 atom stereocenters. The van der Waals surface area contributed by atoms with Crippen LogP contribution in [0.5, 0.6) is 0 Å². The first kappa shape index (κ1) is 12.2. The first-order valence-electron chi connectivity index (χ1n) is 4.27. The highest BCUT2D eigenvalue weighted by Crippen LogP contribution is 2.20. The Morgan fingerprint density at radius 1 is 1.07 bits per heavy atom. The van der Waals surface area contributed by atoms with Crippen molar-refractivity contribution in [1.82, 2.24) is 0 Å². The van der Waals surface area contributed by atoms with Crippen LogP contribution >= 0.6 is 0 Å². The third-order valence-corrected chi connectivity index (χ3v) is 1.73. The van der Waals surface area contributed by atoms with Crippen LogP contribution in [0, 0.1) is 0 Å². The molecule has 14 heavy (non-hydrogen) atoms. The van der Waals surface area contributed by atoms with Gasteiger partial charge in [0, 0.05) is 5.57 Å². The molecule has 0 aliphatic rings. The van der Waals surface area contributed by atoms with Crippen molar-refractivity contribution in [2.45, 2.75) is 6.92 Å². The van der Waals surface area contributed by atoms with Gasteiger partial charge in [0.05, 0.1) is 0 Å². The van der Waals surface area contributed by atoms with Crippen LogP contribution in [0.3, 0.4) is 0 Å². The van der Waals surface area contributed by atoms with E-state index < -0.39 is 0 Å². The number of aliphatic hydroxyl groups excluding tert-OH is 1. The van der Waals surface area contributed by atoms with Gasteiger partial charge < -0.3 is 5.11 Å². The fourth-order valence-corrected chi connectivity index (χ4v) is 1.03. The Kier molecular flexibility index (Phi) is 5.08. The zero-order valence-electron chi connectivity index (χ0n) is 8.59. The van der Waals surface area contributed by atoms with Gasteiger partial charge in [0.15, 0.2) is 0 Å². The van der Waals surface area contributed by atoms with Crippen molar-refractivity contribution in [3.05, 3.63) is 73.1 Å². The van der Waals surface area contributed by atoms with E-state index in [9.17, 15) is 5.11 Å². The number of hydrogen-bond acceptors (Lipinski definition) is 1. The molecular formula is C13H16O. The summed E-state index contributed by atoms with van der Waals surface area (Å²) in [5.41, 5.74) is 2.09. The van der Waals surface area contributed by atoms with Gasteiger partial charge in [-0.05, 0) is 18.1 Å². The van der Waals surface area contributed by atoms with Gasteiger partial charge in [0.25, 0.3) is 0 Å². The molecule has 0 aliphatic heterocycles. The second kappa shape index (κ2) is 5.81. The van der Waals surface area contributed by atoms with Crippen LogP contribution in [0.1, 0.15) is 6.92 Å². The zero-order chi connectivity index (χ0) is 11.1. The molecule has 0 fully saturated rings. The van der Waals surface area contributed by atoms with Crippen molar-refractivity contribution in [2.24, 2.45) is 0 Å². The SMILES string of the molecule is C=CC(=C)C(/C=C\C)=C(/C=C)C(=C)O. The van der Waals surface area contributed by atoms with E-state index in [0.717, 1.165) is 11.1 Å². The lowest BCUT2D eigenvalue weighted by Crippen LogP contribution is -1.91. The van der Waals surface area contributed by atoms with Gasteiger partial charge in [0.1, 0.15) is 5.76 Å². The van der Waals surface area contributed by atoms with E-state index in [-0.39, 0.29) is 5.76 Å². The van der Waals surface area contributed by atoms with E-state index in [1.807, 2.05) is 19.1 Å². The second-order valence-corrected chi connectivity index (χ2v) is 2.71. The number of hydrogen-bond donors (Lipinski definition) is 1. The highest BCUT2D eigenvalue weighted by atomic mass is 16.3. The number of rotatable bonds is 5. The van der Waals surface area contributed by atoms with E-state index in [2.05, 4.69) is 26.3 Å². The van der Waals surface area contributed by atoms with Crippen molar-refractivity contribution in [3.63, 3.8) is 0 Å². The molecular weight excluding hydrogens is 172 g/mol. The van der Waals surface area contributed by atoms with E-state index in [1.165, 1.54) is 0 Å². The van der Waals surface area contributed by atoms with Gasteiger partial charge in [-0.2, -0.15) is 0 Å². The highest BCUT2D eigenvalue weighted by Gasteiger charge is 2.04. The molecule has 0 heterocycles. The first-order chi connectivity index (χ1) is 6.58. The molecule has 0 bridgehead atoms. The third-order valence-electron chi connectivity index (χ3n) is 1.73. The quantitative estimate of drug-likeness (QED) is 0.513. The second-order valence-electron chi connectivity index (χ2n) is 2.71. The van der Waals surface area contributed by atoms with Gasteiger partial charge >= 0.3 is 0 Å². The predicted molar refractivity (Wildman–Crippen MR) is 63.1 cm³/mol. The van der Waals surface area contributed by atoms with Crippen molar-refractivity contribution in [3.8, 4) is 0 Å². The van der Waals surface area contributed by atoms with Gasteiger partial charge in [0.2, 0.25) is 0 Å². The molecule has 0 aromatic rings. The van der Waals surface area contributed by atoms with Crippen LogP contribution in [0.25, 0.3) is 0 Å². The first-order valence-corrected chi connectivity index (χ1v) is 4.27. The molecule has 0 aromatic carbocycles. The lowest BCUT2D eigenvalue weighted by Gasteiger charge is -2.07. The summed E-state index contributed by atoms with van der Waals surface area (Å²) in [6.45, 7) is 16.4. The summed E-state index contributed by atoms with van der Waals surface area (Å²) in [4.78, 5) is 0.